The van der Waals surface area contributed by atoms with E-state index in [2.05, 4.69) is 10.6 Å². The van der Waals surface area contributed by atoms with Gasteiger partial charge in [0, 0.05) is 11.7 Å². The molecule has 1 amide bonds. The Balaban J connectivity index is 2.11. The molecule has 6 nitrogen and oxygen atoms in total. The number of benzene rings is 1. The highest BCUT2D eigenvalue weighted by atomic mass is 35.5. The van der Waals surface area contributed by atoms with E-state index in [0.29, 0.717) is 11.4 Å². The molecule has 0 saturated heterocycles. The zero-order chi connectivity index (χ0) is 15.4. The number of anilines is 2. The van der Waals surface area contributed by atoms with Gasteiger partial charge in [0.05, 0.1) is 29.4 Å². The highest BCUT2D eigenvalue weighted by Crippen LogP contribution is 2.29. The van der Waals surface area contributed by atoms with E-state index < -0.39 is 5.97 Å². The van der Waals surface area contributed by atoms with E-state index >= 15 is 0 Å². The van der Waals surface area contributed by atoms with Gasteiger partial charge in [-0.1, -0.05) is 11.6 Å². The van der Waals surface area contributed by atoms with Crippen molar-refractivity contribution in [1.29, 1.82) is 0 Å². The topological polar surface area (TPSA) is 93.4 Å². The van der Waals surface area contributed by atoms with E-state index in [1.165, 1.54) is 12.1 Å². The van der Waals surface area contributed by atoms with Crippen LogP contribution in [0.15, 0.2) is 12.1 Å². The van der Waals surface area contributed by atoms with Crippen LogP contribution in [-0.4, -0.2) is 31.1 Å². The number of amides is 1. The molecule has 114 valence electrons. The summed E-state index contributed by atoms with van der Waals surface area (Å²) in [4.78, 5) is 23.6. The summed E-state index contributed by atoms with van der Waals surface area (Å²) in [5.74, 6) is -0.669. The van der Waals surface area contributed by atoms with E-state index in [1.807, 2.05) is 0 Å². The largest absolute Gasteiger partial charge is 0.462 e. The normalized spacial score (nSPS) is 13.6. The van der Waals surface area contributed by atoms with E-state index in [9.17, 15) is 9.59 Å². The molecule has 0 unspecified atom stereocenters. The molecule has 1 aromatic rings. The first-order valence-electron chi connectivity index (χ1n) is 6.80. The van der Waals surface area contributed by atoms with Crippen molar-refractivity contribution >= 4 is 34.9 Å². The fourth-order valence-electron chi connectivity index (χ4n) is 1.85. The molecular weight excluding hydrogens is 294 g/mol. The third kappa shape index (κ3) is 4.26. The summed E-state index contributed by atoms with van der Waals surface area (Å²) in [6.45, 7) is 1.99. The number of esters is 1. The molecule has 2 rings (SSSR count). The quantitative estimate of drug-likeness (QED) is 0.550. The van der Waals surface area contributed by atoms with Crippen molar-refractivity contribution in [2.45, 2.75) is 25.8 Å². The number of halogens is 1. The maximum absolute atomic E-state index is 11.9. The van der Waals surface area contributed by atoms with E-state index in [4.69, 9.17) is 22.1 Å². The number of carbonyl (C=O) groups excluding carboxylic acids is 2. The van der Waals surface area contributed by atoms with Gasteiger partial charge < -0.3 is 21.1 Å². The van der Waals surface area contributed by atoms with Crippen molar-refractivity contribution in [2.75, 3.05) is 24.2 Å². The van der Waals surface area contributed by atoms with Crippen molar-refractivity contribution in [1.82, 2.24) is 5.32 Å². The summed E-state index contributed by atoms with van der Waals surface area (Å²) >= 11 is 6.10. The fourth-order valence-corrected chi connectivity index (χ4v) is 2.15. The lowest BCUT2D eigenvalue weighted by Crippen LogP contribution is -2.31. The summed E-state index contributed by atoms with van der Waals surface area (Å²) in [5.41, 5.74) is 6.63. The number of nitrogen functional groups attached to an aromatic ring is 1. The Kier molecular flexibility index (Phi) is 4.90. The lowest BCUT2D eigenvalue weighted by Gasteiger charge is -2.14. The Morgan fingerprint density at radius 3 is 2.76 bits per heavy atom. The molecule has 0 spiro atoms. The summed E-state index contributed by atoms with van der Waals surface area (Å²) < 4.78 is 4.97. The molecule has 1 saturated carbocycles. The number of hydrogen-bond acceptors (Lipinski definition) is 5. The first-order valence-corrected chi connectivity index (χ1v) is 7.18. The van der Waals surface area contributed by atoms with Crippen LogP contribution in [0.5, 0.6) is 0 Å². The second-order valence-corrected chi connectivity index (χ2v) is 5.25. The van der Waals surface area contributed by atoms with E-state index in [-0.39, 0.29) is 35.7 Å². The zero-order valence-corrected chi connectivity index (χ0v) is 12.5. The molecule has 4 N–H and O–H groups in total. The summed E-state index contributed by atoms with van der Waals surface area (Å²) in [6.07, 6.45) is 2.03. The van der Waals surface area contributed by atoms with Crippen molar-refractivity contribution in [2.24, 2.45) is 0 Å². The van der Waals surface area contributed by atoms with Gasteiger partial charge in [-0.3, -0.25) is 4.79 Å². The standard InChI is InChI=1S/C14H18ClN3O3/c1-2-21-14(20)10-5-8(16)6-11(15)13(10)17-7-12(19)18-9-3-4-9/h5-6,9,17H,2-4,7,16H2,1H3,(H,18,19). The van der Waals surface area contributed by atoms with Crippen LogP contribution in [0.3, 0.4) is 0 Å². The van der Waals surface area contributed by atoms with E-state index in [0.717, 1.165) is 12.8 Å². The molecule has 0 aliphatic heterocycles. The number of hydrogen-bond donors (Lipinski definition) is 3. The van der Waals surface area contributed by atoms with Crippen LogP contribution in [0.1, 0.15) is 30.1 Å². The number of carbonyl (C=O) groups is 2. The Hall–Kier alpha value is -1.95. The zero-order valence-electron chi connectivity index (χ0n) is 11.7. The average molecular weight is 312 g/mol. The van der Waals surface area contributed by atoms with Gasteiger partial charge in [-0.05, 0) is 31.9 Å². The van der Waals surface area contributed by atoms with Crippen LogP contribution < -0.4 is 16.4 Å². The maximum atomic E-state index is 11.9. The number of nitrogens with two attached hydrogens (primary N) is 1. The molecule has 0 heterocycles. The predicted molar refractivity (Wildman–Crippen MR) is 81.5 cm³/mol. The Morgan fingerprint density at radius 2 is 2.14 bits per heavy atom. The molecule has 1 fully saturated rings. The third-order valence-electron chi connectivity index (χ3n) is 2.98. The second-order valence-electron chi connectivity index (χ2n) is 4.84. The average Bonchev–Trinajstić information content (AvgIpc) is 3.21. The maximum Gasteiger partial charge on any atom is 0.340 e. The van der Waals surface area contributed by atoms with Gasteiger partial charge in [0.25, 0.3) is 0 Å². The number of rotatable bonds is 6. The van der Waals surface area contributed by atoms with Crippen LogP contribution in [0.25, 0.3) is 0 Å². The highest BCUT2D eigenvalue weighted by molar-refractivity contribution is 6.34. The van der Waals surface area contributed by atoms with Crippen LogP contribution >= 0.6 is 11.6 Å². The minimum atomic E-state index is -0.531. The summed E-state index contributed by atoms with van der Waals surface area (Å²) in [5, 5.41) is 6.00. The summed E-state index contributed by atoms with van der Waals surface area (Å²) in [7, 11) is 0. The van der Waals surface area contributed by atoms with Crippen molar-refractivity contribution < 1.29 is 14.3 Å². The third-order valence-corrected chi connectivity index (χ3v) is 3.27. The Morgan fingerprint density at radius 1 is 1.43 bits per heavy atom. The van der Waals surface area contributed by atoms with Crippen LogP contribution in [-0.2, 0) is 9.53 Å². The smallest absolute Gasteiger partial charge is 0.340 e. The van der Waals surface area contributed by atoms with Gasteiger partial charge >= 0.3 is 5.97 Å². The molecule has 1 aromatic carbocycles. The Labute approximate surface area is 128 Å². The van der Waals surface area contributed by atoms with Gasteiger partial charge in [0.15, 0.2) is 0 Å². The first-order chi connectivity index (χ1) is 10.0. The molecule has 0 radical (unpaired) electrons. The summed E-state index contributed by atoms with van der Waals surface area (Å²) in [6, 6.07) is 3.28. The van der Waals surface area contributed by atoms with Crippen molar-refractivity contribution in [3.63, 3.8) is 0 Å². The molecule has 7 heteroatoms. The molecule has 0 bridgehead atoms. The van der Waals surface area contributed by atoms with Gasteiger partial charge in [-0.2, -0.15) is 0 Å². The number of nitrogens with one attached hydrogen (secondary N) is 2. The second kappa shape index (κ2) is 6.67. The molecule has 0 atom stereocenters. The van der Waals surface area contributed by atoms with Gasteiger partial charge in [0.2, 0.25) is 5.91 Å². The van der Waals surface area contributed by atoms with Crippen LogP contribution in [0.4, 0.5) is 11.4 Å². The van der Waals surface area contributed by atoms with Crippen molar-refractivity contribution in [3.8, 4) is 0 Å². The van der Waals surface area contributed by atoms with Crippen molar-refractivity contribution in [3.05, 3.63) is 22.7 Å². The molecule has 0 aromatic heterocycles. The minimum absolute atomic E-state index is 0.0343. The molecule has 1 aliphatic carbocycles. The molecule has 21 heavy (non-hydrogen) atoms. The number of ether oxygens (including phenoxy) is 1. The van der Waals surface area contributed by atoms with Gasteiger partial charge in [-0.25, -0.2) is 4.79 Å². The Bertz CT molecular complexity index is 559. The van der Waals surface area contributed by atoms with Crippen LogP contribution in [0.2, 0.25) is 5.02 Å². The lowest BCUT2D eigenvalue weighted by atomic mass is 10.1. The fraction of sp³-hybridized carbons (Fsp3) is 0.429. The first kappa shape index (κ1) is 15.4. The highest BCUT2D eigenvalue weighted by Gasteiger charge is 2.23. The predicted octanol–water partition coefficient (Wildman–Crippen LogP) is 1.79. The SMILES string of the molecule is CCOC(=O)c1cc(N)cc(Cl)c1NCC(=O)NC1CC1. The monoisotopic (exact) mass is 311 g/mol. The van der Waals surface area contributed by atoms with Gasteiger partial charge in [-0.15, -0.1) is 0 Å². The lowest BCUT2D eigenvalue weighted by molar-refractivity contribution is -0.119. The van der Waals surface area contributed by atoms with Crippen LogP contribution in [0, 0.1) is 0 Å². The minimum Gasteiger partial charge on any atom is -0.462 e. The van der Waals surface area contributed by atoms with E-state index in [1.54, 1.807) is 6.92 Å². The molecular formula is C14H18ClN3O3. The molecule has 1 aliphatic rings. The van der Waals surface area contributed by atoms with Gasteiger partial charge in [0.1, 0.15) is 0 Å².